The molecule has 4 rings (SSSR count). The molecule has 2 aromatic carbocycles. The zero-order chi connectivity index (χ0) is 18.3. The topological polar surface area (TPSA) is 57.9 Å². The highest BCUT2D eigenvalue weighted by atomic mass is 35.5. The van der Waals surface area contributed by atoms with Crippen LogP contribution in [0.25, 0.3) is 5.76 Å². The molecule has 0 saturated heterocycles. The van der Waals surface area contributed by atoms with Crippen molar-refractivity contribution >= 4 is 41.2 Å². The predicted molar refractivity (Wildman–Crippen MR) is 106 cm³/mol. The number of halogens is 2. The SMILES string of the molecule is O=c1[nH]c(=S)[nH]c2c1C(c1ccc(Cl)cc1)C=C(c1ccc(Cl)cc1)O2. The molecule has 0 amide bonds. The monoisotopic (exact) mass is 402 g/mol. The minimum absolute atomic E-state index is 0.209. The smallest absolute Gasteiger partial charge is 0.259 e. The lowest BCUT2D eigenvalue weighted by atomic mass is 9.89. The summed E-state index contributed by atoms with van der Waals surface area (Å²) in [5, 5.41) is 1.26. The lowest BCUT2D eigenvalue weighted by Gasteiger charge is -2.24. The number of benzene rings is 2. The maximum Gasteiger partial charge on any atom is 0.259 e. The van der Waals surface area contributed by atoms with Crippen LogP contribution in [0.1, 0.15) is 22.6 Å². The molecule has 4 nitrogen and oxygen atoms in total. The van der Waals surface area contributed by atoms with Crippen molar-refractivity contribution < 1.29 is 4.74 Å². The summed E-state index contributed by atoms with van der Waals surface area (Å²) in [5.41, 5.74) is 1.95. The summed E-state index contributed by atoms with van der Waals surface area (Å²) in [5.74, 6) is 0.647. The van der Waals surface area contributed by atoms with Crippen LogP contribution in [0.5, 0.6) is 5.88 Å². The highest BCUT2D eigenvalue weighted by molar-refractivity contribution is 7.71. The predicted octanol–water partition coefficient (Wildman–Crippen LogP) is 5.30. The first-order valence-corrected chi connectivity index (χ1v) is 8.95. The average molecular weight is 403 g/mol. The van der Waals surface area contributed by atoms with Crippen molar-refractivity contribution in [2.75, 3.05) is 0 Å². The summed E-state index contributed by atoms with van der Waals surface area (Å²) in [6.07, 6.45) is 1.90. The van der Waals surface area contributed by atoms with E-state index in [0.29, 0.717) is 27.2 Å². The highest BCUT2D eigenvalue weighted by Gasteiger charge is 2.28. The summed E-state index contributed by atoms with van der Waals surface area (Å²) >= 11 is 17.1. The highest BCUT2D eigenvalue weighted by Crippen LogP contribution is 2.38. The van der Waals surface area contributed by atoms with Crippen LogP contribution in [0.3, 0.4) is 0 Å². The Bertz CT molecular complexity index is 1120. The minimum Gasteiger partial charge on any atom is -0.440 e. The molecule has 0 saturated carbocycles. The van der Waals surface area contributed by atoms with Gasteiger partial charge in [-0.1, -0.05) is 35.3 Å². The molecule has 3 aromatic rings. The van der Waals surface area contributed by atoms with Crippen LogP contribution in [0, 0.1) is 4.77 Å². The van der Waals surface area contributed by atoms with Crippen LogP contribution >= 0.6 is 35.4 Å². The maximum absolute atomic E-state index is 12.5. The van der Waals surface area contributed by atoms with Gasteiger partial charge >= 0.3 is 0 Å². The number of nitrogens with one attached hydrogen (secondary N) is 2. The molecule has 0 fully saturated rings. The summed E-state index contributed by atoms with van der Waals surface area (Å²) in [7, 11) is 0. The van der Waals surface area contributed by atoms with E-state index in [1.54, 1.807) is 24.3 Å². The van der Waals surface area contributed by atoms with Gasteiger partial charge in [-0.25, -0.2) is 0 Å². The van der Waals surface area contributed by atoms with Gasteiger partial charge in [0.05, 0.1) is 5.56 Å². The molecule has 1 aliphatic rings. The molecule has 1 aromatic heterocycles. The third-order valence-electron chi connectivity index (χ3n) is 4.14. The normalized spacial score (nSPS) is 15.8. The molecule has 0 bridgehead atoms. The Labute approximate surface area is 164 Å². The summed E-state index contributed by atoms with van der Waals surface area (Å²) in [6.45, 7) is 0. The zero-order valence-electron chi connectivity index (χ0n) is 13.3. The molecule has 1 atom stereocenters. The van der Waals surface area contributed by atoms with Crippen molar-refractivity contribution in [3.63, 3.8) is 0 Å². The van der Waals surface area contributed by atoms with Crippen LogP contribution in [0.4, 0.5) is 0 Å². The molecule has 1 aliphatic heterocycles. The van der Waals surface area contributed by atoms with E-state index in [2.05, 4.69) is 9.97 Å². The largest absolute Gasteiger partial charge is 0.440 e. The van der Waals surface area contributed by atoms with Gasteiger partial charge < -0.3 is 9.72 Å². The number of ether oxygens (including phenoxy) is 1. The van der Waals surface area contributed by atoms with Crippen molar-refractivity contribution in [3.05, 3.63) is 96.5 Å². The van der Waals surface area contributed by atoms with Crippen molar-refractivity contribution in [3.8, 4) is 5.88 Å². The van der Waals surface area contributed by atoms with Crippen molar-refractivity contribution in [2.45, 2.75) is 5.92 Å². The van der Waals surface area contributed by atoms with E-state index < -0.39 is 0 Å². The number of rotatable bonds is 2. The first-order valence-electron chi connectivity index (χ1n) is 7.79. The number of allylic oxidation sites excluding steroid dienone is 1. The Morgan fingerprint density at radius 1 is 0.923 bits per heavy atom. The fourth-order valence-electron chi connectivity index (χ4n) is 2.92. The Morgan fingerprint density at radius 3 is 2.19 bits per heavy atom. The van der Waals surface area contributed by atoms with Crippen LogP contribution in [0.2, 0.25) is 10.0 Å². The Hall–Kier alpha value is -2.34. The number of hydrogen-bond donors (Lipinski definition) is 2. The summed E-state index contributed by atoms with van der Waals surface area (Å²) in [6, 6.07) is 14.7. The second-order valence-corrected chi connectivity index (χ2v) is 7.10. The van der Waals surface area contributed by atoms with E-state index >= 15 is 0 Å². The fourth-order valence-corrected chi connectivity index (χ4v) is 3.36. The molecule has 26 heavy (non-hydrogen) atoms. The van der Waals surface area contributed by atoms with Crippen molar-refractivity contribution in [1.82, 2.24) is 9.97 Å². The minimum atomic E-state index is -0.308. The Morgan fingerprint density at radius 2 is 1.54 bits per heavy atom. The third kappa shape index (κ3) is 3.21. The van der Waals surface area contributed by atoms with Gasteiger partial charge in [-0.2, -0.15) is 0 Å². The standard InChI is InChI=1S/C19H12Cl2N2O2S/c20-12-5-1-10(2-6-12)14-9-15(11-3-7-13(21)8-4-11)25-18-16(14)17(24)22-19(26)23-18/h1-9,14H,(H2,22,23,24,26). The van der Waals surface area contributed by atoms with Gasteiger partial charge in [-0.15, -0.1) is 0 Å². The van der Waals surface area contributed by atoms with Crippen LogP contribution in [-0.4, -0.2) is 9.97 Å². The Balaban J connectivity index is 1.91. The molecular formula is C19H12Cl2N2O2S. The maximum atomic E-state index is 12.5. The van der Waals surface area contributed by atoms with E-state index in [0.717, 1.165) is 11.1 Å². The van der Waals surface area contributed by atoms with Gasteiger partial charge in [0.2, 0.25) is 5.88 Å². The van der Waals surface area contributed by atoms with Crippen LogP contribution in [0.15, 0.2) is 59.4 Å². The van der Waals surface area contributed by atoms with E-state index in [1.165, 1.54) is 0 Å². The van der Waals surface area contributed by atoms with E-state index in [-0.39, 0.29) is 16.2 Å². The second kappa shape index (κ2) is 6.76. The lowest BCUT2D eigenvalue weighted by molar-refractivity contribution is 0.466. The van der Waals surface area contributed by atoms with Crippen molar-refractivity contribution in [1.29, 1.82) is 0 Å². The van der Waals surface area contributed by atoms with Gasteiger partial charge in [-0.3, -0.25) is 9.78 Å². The molecule has 0 radical (unpaired) electrons. The van der Waals surface area contributed by atoms with Gasteiger partial charge in [0, 0.05) is 21.5 Å². The quantitative estimate of drug-likeness (QED) is 0.571. The number of fused-ring (bicyclic) bond motifs is 1. The fraction of sp³-hybridized carbons (Fsp3) is 0.0526. The van der Waals surface area contributed by atoms with E-state index in [1.807, 2.05) is 30.3 Å². The molecule has 130 valence electrons. The van der Waals surface area contributed by atoms with Crippen LogP contribution < -0.4 is 10.3 Å². The van der Waals surface area contributed by atoms with Gasteiger partial charge in [0.15, 0.2) is 4.77 Å². The first-order chi connectivity index (χ1) is 12.5. The van der Waals surface area contributed by atoms with Gasteiger partial charge in [0.1, 0.15) is 5.76 Å². The number of aromatic amines is 2. The molecule has 2 N–H and O–H groups in total. The molecule has 1 unspecified atom stereocenters. The van der Waals surface area contributed by atoms with E-state index in [4.69, 9.17) is 40.2 Å². The molecule has 2 heterocycles. The number of aromatic nitrogens is 2. The second-order valence-electron chi connectivity index (χ2n) is 5.82. The van der Waals surface area contributed by atoms with Gasteiger partial charge in [0.25, 0.3) is 5.56 Å². The van der Waals surface area contributed by atoms with Gasteiger partial charge in [-0.05, 0) is 60.3 Å². The van der Waals surface area contributed by atoms with Crippen molar-refractivity contribution in [2.24, 2.45) is 0 Å². The first kappa shape index (κ1) is 17.1. The molecule has 0 spiro atoms. The van der Waals surface area contributed by atoms with E-state index in [9.17, 15) is 4.79 Å². The molecular weight excluding hydrogens is 391 g/mol. The third-order valence-corrected chi connectivity index (χ3v) is 4.85. The lowest BCUT2D eigenvalue weighted by Crippen LogP contribution is -2.23. The summed E-state index contributed by atoms with van der Waals surface area (Å²) in [4.78, 5) is 18.1. The Kier molecular flexibility index (Phi) is 4.44. The zero-order valence-corrected chi connectivity index (χ0v) is 15.6. The number of hydrogen-bond acceptors (Lipinski definition) is 3. The van der Waals surface area contributed by atoms with Crippen LogP contribution in [-0.2, 0) is 0 Å². The molecule has 7 heteroatoms. The molecule has 0 aliphatic carbocycles. The number of H-pyrrole nitrogens is 2. The average Bonchev–Trinajstić information content (AvgIpc) is 2.61. The summed E-state index contributed by atoms with van der Waals surface area (Å²) < 4.78 is 6.15.